The minimum atomic E-state index is -0.253. The Morgan fingerprint density at radius 1 is 1.12 bits per heavy atom. The number of hydrogen-bond donors (Lipinski definition) is 0. The normalized spacial score (nSPS) is 22.6. The zero-order valence-electron chi connectivity index (χ0n) is 13.8. The van der Waals surface area contributed by atoms with Crippen LogP contribution >= 0.6 is 0 Å². The van der Waals surface area contributed by atoms with E-state index in [1.165, 1.54) is 37.9 Å². The highest BCUT2D eigenvalue weighted by atomic mass is 16.6. The second-order valence-electron chi connectivity index (χ2n) is 6.43. The van der Waals surface area contributed by atoms with Crippen molar-refractivity contribution < 1.29 is 14.0 Å². The third-order valence-electron chi connectivity index (χ3n) is 4.57. The van der Waals surface area contributed by atoms with Crippen LogP contribution in [0, 0.1) is 0 Å². The van der Waals surface area contributed by atoms with Crippen molar-refractivity contribution in [3.05, 3.63) is 35.7 Å². The van der Waals surface area contributed by atoms with Crippen LogP contribution < -0.4 is 0 Å². The SMILES string of the molecule is c1cc(CN2CCCCC2)cc(-c2noc(C3COCCO3)n2)c1. The van der Waals surface area contributed by atoms with E-state index in [1.807, 2.05) is 6.07 Å². The van der Waals surface area contributed by atoms with Crippen LogP contribution in [0.5, 0.6) is 0 Å². The molecule has 0 N–H and O–H groups in total. The summed E-state index contributed by atoms with van der Waals surface area (Å²) in [4.78, 5) is 7.01. The molecule has 24 heavy (non-hydrogen) atoms. The van der Waals surface area contributed by atoms with Crippen LogP contribution in [-0.4, -0.2) is 48.0 Å². The Balaban J connectivity index is 1.47. The molecule has 1 atom stereocenters. The number of piperidine rings is 1. The first-order valence-electron chi connectivity index (χ1n) is 8.73. The monoisotopic (exact) mass is 329 g/mol. The number of ether oxygens (including phenoxy) is 2. The molecule has 1 aromatic heterocycles. The smallest absolute Gasteiger partial charge is 0.258 e. The van der Waals surface area contributed by atoms with Crippen molar-refractivity contribution in [2.24, 2.45) is 0 Å². The van der Waals surface area contributed by atoms with E-state index in [1.54, 1.807) is 0 Å². The standard InChI is InChI=1S/C18H23N3O3/c1-2-7-21(8-3-1)12-14-5-4-6-15(11-14)17-19-18(24-20-17)16-13-22-9-10-23-16/h4-6,11,16H,1-3,7-10,12-13H2. The van der Waals surface area contributed by atoms with Crippen LogP contribution in [0.15, 0.2) is 28.8 Å². The Kier molecular flexibility index (Phi) is 4.87. The largest absolute Gasteiger partial charge is 0.376 e. The Bertz CT molecular complexity index is 661. The van der Waals surface area contributed by atoms with Crippen LogP contribution in [0.2, 0.25) is 0 Å². The molecular formula is C18H23N3O3. The molecule has 2 aliphatic rings. The van der Waals surface area contributed by atoms with Gasteiger partial charge in [0.15, 0.2) is 6.10 Å². The number of aromatic nitrogens is 2. The van der Waals surface area contributed by atoms with Gasteiger partial charge in [-0.25, -0.2) is 0 Å². The van der Waals surface area contributed by atoms with Gasteiger partial charge < -0.3 is 14.0 Å². The lowest BCUT2D eigenvalue weighted by Gasteiger charge is -2.26. The zero-order chi connectivity index (χ0) is 16.2. The van der Waals surface area contributed by atoms with E-state index in [-0.39, 0.29) is 6.10 Å². The molecule has 128 valence electrons. The first-order valence-corrected chi connectivity index (χ1v) is 8.73. The summed E-state index contributed by atoms with van der Waals surface area (Å²) in [6, 6.07) is 8.40. The van der Waals surface area contributed by atoms with Crippen LogP contribution in [0.3, 0.4) is 0 Å². The number of nitrogens with zero attached hydrogens (tertiary/aromatic N) is 3. The second kappa shape index (κ2) is 7.42. The molecule has 1 unspecified atom stereocenters. The maximum Gasteiger partial charge on any atom is 0.258 e. The Morgan fingerprint density at radius 3 is 2.88 bits per heavy atom. The van der Waals surface area contributed by atoms with Gasteiger partial charge in [-0.1, -0.05) is 29.8 Å². The molecular weight excluding hydrogens is 306 g/mol. The van der Waals surface area contributed by atoms with Crippen LogP contribution in [0.25, 0.3) is 11.4 Å². The van der Waals surface area contributed by atoms with E-state index in [4.69, 9.17) is 14.0 Å². The summed E-state index contributed by atoms with van der Waals surface area (Å²) in [6.07, 6.45) is 3.71. The minimum Gasteiger partial charge on any atom is -0.376 e. The van der Waals surface area contributed by atoms with Gasteiger partial charge in [-0.05, 0) is 37.6 Å². The summed E-state index contributed by atoms with van der Waals surface area (Å²) >= 11 is 0. The maximum atomic E-state index is 5.61. The van der Waals surface area contributed by atoms with Gasteiger partial charge in [0.25, 0.3) is 5.89 Å². The van der Waals surface area contributed by atoms with Crippen molar-refractivity contribution in [3.63, 3.8) is 0 Å². The summed E-state index contributed by atoms with van der Waals surface area (Å²) in [5.74, 6) is 1.10. The van der Waals surface area contributed by atoms with E-state index in [0.717, 1.165) is 12.1 Å². The molecule has 0 aliphatic carbocycles. The fraction of sp³-hybridized carbons (Fsp3) is 0.556. The summed E-state index contributed by atoms with van der Waals surface area (Å²) < 4.78 is 16.4. The summed E-state index contributed by atoms with van der Waals surface area (Å²) in [5, 5.41) is 4.11. The number of rotatable bonds is 4. The van der Waals surface area contributed by atoms with E-state index in [2.05, 4.69) is 33.2 Å². The third-order valence-corrected chi connectivity index (χ3v) is 4.57. The molecule has 1 aromatic carbocycles. The average molecular weight is 329 g/mol. The van der Waals surface area contributed by atoms with E-state index in [0.29, 0.717) is 31.5 Å². The van der Waals surface area contributed by atoms with Gasteiger partial charge in [0.05, 0.1) is 19.8 Å². The zero-order valence-corrected chi connectivity index (χ0v) is 13.8. The number of hydrogen-bond acceptors (Lipinski definition) is 6. The fourth-order valence-corrected chi connectivity index (χ4v) is 3.30. The van der Waals surface area contributed by atoms with E-state index in [9.17, 15) is 0 Å². The molecule has 4 rings (SSSR count). The molecule has 2 fully saturated rings. The molecule has 2 saturated heterocycles. The van der Waals surface area contributed by atoms with Gasteiger partial charge in [0, 0.05) is 12.1 Å². The maximum absolute atomic E-state index is 5.61. The topological polar surface area (TPSA) is 60.6 Å². The first-order chi connectivity index (χ1) is 11.9. The molecule has 0 amide bonds. The van der Waals surface area contributed by atoms with Crippen molar-refractivity contribution in [1.82, 2.24) is 15.0 Å². The molecule has 2 aromatic rings. The van der Waals surface area contributed by atoms with Crippen LogP contribution in [0.4, 0.5) is 0 Å². The van der Waals surface area contributed by atoms with Crippen LogP contribution in [0.1, 0.15) is 36.8 Å². The molecule has 3 heterocycles. The minimum absolute atomic E-state index is 0.253. The molecule has 6 nitrogen and oxygen atoms in total. The highest BCUT2D eigenvalue weighted by Gasteiger charge is 2.23. The summed E-state index contributed by atoms with van der Waals surface area (Å²) in [5.41, 5.74) is 2.27. The highest BCUT2D eigenvalue weighted by molar-refractivity contribution is 5.55. The van der Waals surface area contributed by atoms with Crippen molar-refractivity contribution in [2.45, 2.75) is 31.9 Å². The molecule has 2 aliphatic heterocycles. The van der Waals surface area contributed by atoms with Crippen molar-refractivity contribution >= 4 is 0 Å². The van der Waals surface area contributed by atoms with E-state index >= 15 is 0 Å². The Labute approximate surface area is 141 Å². The van der Waals surface area contributed by atoms with Gasteiger partial charge in [-0.15, -0.1) is 0 Å². The molecule has 6 heteroatoms. The van der Waals surface area contributed by atoms with Crippen molar-refractivity contribution in [2.75, 3.05) is 32.9 Å². The highest BCUT2D eigenvalue weighted by Crippen LogP contribution is 2.24. The molecule has 0 bridgehead atoms. The molecule has 0 radical (unpaired) electrons. The average Bonchev–Trinajstić information content (AvgIpc) is 3.14. The predicted molar refractivity (Wildman–Crippen MR) is 88.4 cm³/mol. The lowest BCUT2D eigenvalue weighted by atomic mass is 10.1. The van der Waals surface area contributed by atoms with Crippen molar-refractivity contribution in [3.8, 4) is 11.4 Å². The van der Waals surface area contributed by atoms with Gasteiger partial charge in [-0.3, -0.25) is 4.90 Å². The molecule has 0 saturated carbocycles. The number of likely N-dealkylation sites (tertiary alicyclic amines) is 1. The quantitative estimate of drug-likeness (QED) is 0.859. The second-order valence-corrected chi connectivity index (χ2v) is 6.43. The van der Waals surface area contributed by atoms with Gasteiger partial charge in [0.1, 0.15) is 0 Å². The summed E-state index contributed by atoms with van der Waals surface area (Å²) in [7, 11) is 0. The molecule has 0 spiro atoms. The predicted octanol–water partition coefficient (Wildman–Crippen LogP) is 2.81. The fourth-order valence-electron chi connectivity index (χ4n) is 3.30. The van der Waals surface area contributed by atoms with Crippen LogP contribution in [-0.2, 0) is 16.0 Å². The number of benzene rings is 1. The van der Waals surface area contributed by atoms with Gasteiger partial charge >= 0.3 is 0 Å². The van der Waals surface area contributed by atoms with Crippen molar-refractivity contribution in [1.29, 1.82) is 0 Å². The van der Waals surface area contributed by atoms with E-state index < -0.39 is 0 Å². The van der Waals surface area contributed by atoms with Gasteiger partial charge in [-0.2, -0.15) is 4.98 Å². The third kappa shape index (κ3) is 3.66. The summed E-state index contributed by atoms with van der Waals surface area (Å²) in [6.45, 7) is 5.02. The Hall–Kier alpha value is -1.76. The lowest BCUT2D eigenvalue weighted by molar-refractivity contribution is -0.101. The lowest BCUT2D eigenvalue weighted by Crippen LogP contribution is -2.29. The van der Waals surface area contributed by atoms with Gasteiger partial charge in [0.2, 0.25) is 5.82 Å². The first kappa shape index (κ1) is 15.7. The Morgan fingerprint density at radius 2 is 2.04 bits per heavy atom.